The molecule has 0 unspecified atom stereocenters. The van der Waals surface area contributed by atoms with Gasteiger partial charge in [-0.25, -0.2) is 4.98 Å². The molecule has 2 aromatic carbocycles. The molecule has 0 fully saturated rings. The molecule has 0 bridgehead atoms. The van der Waals surface area contributed by atoms with Gasteiger partial charge in [0.25, 0.3) is 0 Å². The van der Waals surface area contributed by atoms with Gasteiger partial charge in [-0.2, -0.15) is 0 Å². The summed E-state index contributed by atoms with van der Waals surface area (Å²) in [6, 6.07) is 20.8. The zero-order valence-corrected chi connectivity index (χ0v) is 12.5. The third-order valence-corrected chi connectivity index (χ3v) is 3.69. The number of rotatable bonds is 5. The van der Waals surface area contributed by atoms with E-state index in [0.29, 0.717) is 5.88 Å². The van der Waals surface area contributed by atoms with Crippen LogP contribution in [0.5, 0.6) is 0 Å². The average molecular weight is 297 g/mol. The molecule has 0 N–H and O–H groups in total. The molecular weight excluding hydrogens is 280 g/mol. The summed E-state index contributed by atoms with van der Waals surface area (Å²) in [6.07, 6.45) is 1.86. The number of pyridine rings is 1. The van der Waals surface area contributed by atoms with Crippen LogP contribution in [0.3, 0.4) is 0 Å². The number of fused-ring (bicyclic) bond motifs is 1. The SMILES string of the molecule is ClCCN(Cc1ccccc1)c1nccc2ccccc12. The summed E-state index contributed by atoms with van der Waals surface area (Å²) in [4.78, 5) is 6.83. The van der Waals surface area contributed by atoms with Crippen LogP contribution in [0.2, 0.25) is 0 Å². The monoisotopic (exact) mass is 296 g/mol. The zero-order valence-electron chi connectivity index (χ0n) is 11.7. The second-order valence-corrected chi connectivity index (χ2v) is 5.33. The topological polar surface area (TPSA) is 16.1 Å². The smallest absolute Gasteiger partial charge is 0.136 e. The van der Waals surface area contributed by atoms with E-state index >= 15 is 0 Å². The van der Waals surface area contributed by atoms with Gasteiger partial charge in [-0.15, -0.1) is 11.6 Å². The van der Waals surface area contributed by atoms with E-state index in [2.05, 4.69) is 58.4 Å². The molecule has 0 radical (unpaired) electrons. The molecule has 3 heteroatoms. The molecule has 0 spiro atoms. The Hall–Kier alpha value is -2.06. The van der Waals surface area contributed by atoms with Crippen LogP contribution in [0, 0.1) is 0 Å². The maximum absolute atomic E-state index is 5.99. The lowest BCUT2D eigenvalue weighted by Crippen LogP contribution is -2.26. The number of halogens is 1. The maximum atomic E-state index is 5.99. The minimum atomic E-state index is 0.581. The lowest BCUT2D eigenvalue weighted by Gasteiger charge is -2.24. The van der Waals surface area contributed by atoms with Crippen LogP contribution in [0.25, 0.3) is 10.8 Å². The predicted molar refractivity (Wildman–Crippen MR) is 90.0 cm³/mol. The molecule has 106 valence electrons. The fourth-order valence-electron chi connectivity index (χ4n) is 2.52. The molecule has 0 aliphatic heterocycles. The van der Waals surface area contributed by atoms with Crippen LogP contribution in [-0.2, 0) is 6.54 Å². The summed E-state index contributed by atoms with van der Waals surface area (Å²) in [6.45, 7) is 1.59. The molecule has 0 aliphatic carbocycles. The molecule has 0 amide bonds. The van der Waals surface area contributed by atoms with Crippen LogP contribution < -0.4 is 4.90 Å². The molecule has 0 aliphatic rings. The standard InChI is InChI=1S/C18H17ClN2/c19-11-13-21(14-15-6-2-1-3-7-15)18-17-9-5-4-8-16(17)10-12-20-18/h1-10,12H,11,13-14H2. The van der Waals surface area contributed by atoms with Gasteiger partial charge in [-0.3, -0.25) is 0 Å². The van der Waals surface area contributed by atoms with E-state index in [4.69, 9.17) is 11.6 Å². The second-order valence-electron chi connectivity index (χ2n) is 4.95. The minimum Gasteiger partial charge on any atom is -0.351 e. The predicted octanol–water partition coefficient (Wildman–Crippen LogP) is 4.48. The quantitative estimate of drug-likeness (QED) is 0.645. The van der Waals surface area contributed by atoms with E-state index in [1.807, 2.05) is 18.3 Å². The van der Waals surface area contributed by atoms with Crippen LogP contribution in [0.4, 0.5) is 5.82 Å². The van der Waals surface area contributed by atoms with Crippen molar-refractivity contribution in [1.29, 1.82) is 0 Å². The number of hydrogen-bond acceptors (Lipinski definition) is 2. The van der Waals surface area contributed by atoms with Crippen LogP contribution in [0.1, 0.15) is 5.56 Å². The Balaban J connectivity index is 1.99. The Morgan fingerprint density at radius 1 is 0.905 bits per heavy atom. The van der Waals surface area contributed by atoms with Gasteiger partial charge < -0.3 is 4.90 Å². The first kappa shape index (κ1) is 13.9. The van der Waals surface area contributed by atoms with Gasteiger partial charge in [0.15, 0.2) is 0 Å². The lowest BCUT2D eigenvalue weighted by molar-refractivity contribution is 0.822. The molecular formula is C18H17ClN2. The normalized spacial score (nSPS) is 10.7. The maximum Gasteiger partial charge on any atom is 0.136 e. The first-order valence-electron chi connectivity index (χ1n) is 7.07. The van der Waals surface area contributed by atoms with Crippen molar-refractivity contribution in [3.63, 3.8) is 0 Å². The van der Waals surface area contributed by atoms with Crippen molar-refractivity contribution in [3.05, 3.63) is 72.4 Å². The van der Waals surface area contributed by atoms with Crippen molar-refractivity contribution in [1.82, 2.24) is 4.98 Å². The first-order valence-corrected chi connectivity index (χ1v) is 7.60. The van der Waals surface area contributed by atoms with Crippen molar-refractivity contribution >= 4 is 28.2 Å². The summed E-state index contributed by atoms with van der Waals surface area (Å²) in [5, 5.41) is 2.37. The number of alkyl halides is 1. The molecule has 1 aromatic heterocycles. The minimum absolute atomic E-state index is 0.581. The van der Waals surface area contributed by atoms with E-state index in [0.717, 1.165) is 18.9 Å². The Morgan fingerprint density at radius 3 is 2.48 bits per heavy atom. The third-order valence-electron chi connectivity index (χ3n) is 3.52. The highest BCUT2D eigenvalue weighted by molar-refractivity contribution is 6.18. The third kappa shape index (κ3) is 3.17. The van der Waals surface area contributed by atoms with Crippen molar-refractivity contribution in [2.45, 2.75) is 6.54 Å². The van der Waals surface area contributed by atoms with Gasteiger partial charge in [0.2, 0.25) is 0 Å². The van der Waals surface area contributed by atoms with Gasteiger partial charge in [0, 0.05) is 30.6 Å². The number of benzene rings is 2. The highest BCUT2D eigenvalue weighted by Crippen LogP contribution is 2.25. The summed E-state index contributed by atoms with van der Waals surface area (Å²) < 4.78 is 0. The molecule has 21 heavy (non-hydrogen) atoms. The van der Waals surface area contributed by atoms with E-state index in [9.17, 15) is 0 Å². The summed E-state index contributed by atoms with van der Waals surface area (Å²) in [5.41, 5.74) is 1.26. The average Bonchev–Trinajstić information content (AvgIpc) is 2.55. The van der Waals surface area contributed by atoms with E-state index in [1.54, 1.807) is 0 Å². The molecule has 3 rings (SSSR count). The van der Waals surface area contributed by atoms with E-state index in [-0.39, 0.29) is 0 Å². The molecule has 0 atom stereocenters. The number of aromatic nitrogens is 1. The molecule has 0 saturated carbocycles. The number of nitrogens with zero attached hydrogens (tertiary/aromatic N) is 2. The summed E-state index contributed by atoms with van der Waals surface area (Å²) in [7, 11) is 0. The molecule has 3 aromatic rings. The van der Waals surface area contributed by atoms with Crippen molar-refractivity contribution in [2.75, 3.05) is 17.3 Å². The largest absolute Gasteiger partial charge is 0.351 e. The van der Waals surface area contributed by atoms with Crippen molar-refractivity contribution in [2.24, 2.45) is 0 Å². The molecule has 1 heterocycles. The van der Waals surface area contributed by atoms with E-state index < -0.39 is 0 Å². The van der Waals surface area contributed by atoms with Crippen LogP contribution in [0.15, 0.2) is 66.9 Å². The van der Waals surface area contributed by atoms with E-state index in [1.165, 1.54) is 16.3 Å². The van der Waals surface area contributed by atoms with Crippen molar-refractivity contribution in [3.8, 4) is 0 Å². The Bertz CT molecular complexity index is 707. The fraction of sp³-hybridized carbons (Fsp3) is 0.167. The Labute approximate surface area is 130 Å². The second kappa shape index (κ2) is 6.59. The Morgan fingerprint density at radius 2 is 1.67 bits per heavy atom. The van der Waals surface area contributed by atoms with Crippen LogP contribution in [-0.4, -0.2) is 17.4 Å². The summed E-state index contributed by atoms with van der Waals surface area (Å²) in [5.74, 6) is 1.58. The van der Waals surface area contributed by atoms with Gasteiger partial charge in [-0.1, -0.05) is 54.6 Å². The van der Waals surface area contributed by atoms with Gasteiger partial charge in [0.05, 0.1) is 0 Å². The zero-order chi connectivity index (χ0) is 14.5. The first-order chi connectivity index (χ1) is 10.4. The van der Waals surface area contributed by atoms with Gasteiger partial charge in [-0.05, 0) is 17.0 Å². The lowest BCUT2D eigenvalue weighted by atomic mass is 10.1. The van der Waals surface area contributed by atoms with Gasteiger partial charge >= 0.3 is 0 Å². The highest BCUT2D eigenvalue weighted by Gasteiger charge is 2.11. The van der Waals surface area contributed by atoms with Gasteiger partial charge in [0.1, 0.15) is 5.82 Å². The highest BCUT2D eigenvalue weighted by atomic mass is 35.5. The summed E-state index contributed by atoms with van der Waals surface area (Å²) >= 11 is 5.99. The molecule has 0 saturated heterocycles. The van der Waals surface area contributed by atoms with Crippen LogP contribution >= 0.6 is 11.6 Å². The number of anilines is 1. The Kier molecular flexibility index (Phi) is 4.37. The van der Waals surface area contributed by atoms with Crippen molar-refractivity contribution < 1.29 is 0 Å². The molecule has 2 nitrogen and oxygen atoms in total. The fourth-order valence-corrected chi connectivity index (χ4v) is 2.73. The number of hydrogen-bond donors (Lipinski definition) is 0.